The molecule has 1 aliphatic rings. The van der Waals surface area contributed by atoms with Crippen molar-refractivity contribution in [2.75, 3.05) is 13.1 Å². The first kappa shape index (κ1) is 20.5. The van der Waals surface area contributed by atoms with Gasteiger partial charge in [-0.15, -0.1) is 0 Å². The molecule has 0 saturated carbocycles. The van der Waals surface area contributed by atoms with Crippen LogP contribution in [0.5, 0.6) is 0 Å². The van der Waals surface area contributed by atoms with Gasteiger partial charge < -0.3 is 4.90 Å². The second-order valence-corrected chi connectivity index (χ2v) is 8.25. The summed E-state index contributed by atoms with van der Waals surface area (Å²) < 4.78 is 14.0. The number of rotatable bonds is 4. The van der Waals surface area contributed by atoms with Crippen LogP contribution in [-0.4, -0.2) is 34.7 Å². The maximum atomic E-state index is 14.0. The molecule has 0 spiro atoms. The van der Waals surface area contributed by atoms with E-state index in [1.807, 2.05) is 13.0 Å². The second-order valence-electron chi connectivity index (χ2n) is 7.81. The van der Waals surface area contributed by atoms with E-state index < -0.39 is 11.7 Å². The molecule has 1 saturated heterocycles. The Kier molecular flexibility index (Phi) is 5.82. The van der Waals surface area contributed by atoms with Crippen molar-refractivity contribution in [2.24, 2.45) is 0 Å². The summed E-state index contributed by atoms with van der Waals surface area (Å²) in [7, 11) is 0. The van der Waals surface area contributed by atoms with Crippen LogP contribution in [0.15, 0.2) is 48.7 Å². The smallest absolute Gasteiger partial charge is 0.290 e. The minimum Gasteiger partial charge on any atom is -0.336 e. The highest BCUT2D eigenvalue weighted by atomic mass is 35.5. The number of fused-ring (bicyclic) bond motifs is 1. The largest absolute Gasteiger partial charge is 0.336 e. The Morgan fingerprint density at radius 2 is 1.83 bits per heavy atom. The van der Waals surface area contributed by atoms with E-state index in [2.05, 4.69) is 4.98 Å². The van der Waals surface area contributed by atoms with Crippen molar-refractivity contribution in [3.63, 3.8) is 0 Å². The summed E-state index contributed by atoms with van der Waals surface area (Å²) in [6.07, 6.45) is 3.29. The highest BCUT2D eigenvalue weighted by Crippen LogP contribution is 2.33. The average molecular weight is 425 g/mol. The number of piperidine rings is 1. The van der Waals surface area contributed by atoms with E-state index >= 15 is 0 Å². The molecule has 0 N–H and O–H groups in total. The van der Waals surface area contributed by atoms with Gasteiger partial charge in [-0.25, -0.2) is 4.39 Å². The number of ketones is 1. The van der Waals surface area contributed by atoms with Crippen LogP contribution in [0.4, 0.5) is 4.39 Å². The van der Waals surface area contributed by atoms with Crippen molar-refractivity contribution in [1.29, 1.82) is 0 Å². The van der Waals surface area contributed by atoms with E-state index in [4.69, 9.17) is 11.6 Å². The SMILES string of the molecule is Cc1cc(F)cc2c(C3CCN(C(=O)C(=O)Cc4ccc(Cl)cc4)CC3)ccnc12. The summed E-state index contributed by atoms with van der Waals surface area (Å²) in [5.41, 5.74) is 3.45. The number of benzene rings is 2. The van der Waals surface area contributed by atoms with Crippen molar-refractivity contribution in [1.82, 2.24) is 9.88 Å². The zero-order valence-corrected chi connectivity index (χ0v) is 17.5. The number of carbonyl (C=O) groups is 2. The lowest BCUT2D eigenvalue weighted by molar-refractivity contribution is -0.145. The van der Waals surface area contributed by atoms with E-state index in [1.54, 1.807) is 35.4 Å². The third kappa shape index (κ3) is 4.21. The minimum absolute atomic E-state index is 0.0729. The summed E-state index contributed by atoms with van der Waals surface area (Å²) in [6, 6.07) is 11.9. The molecule has 154 valence electrons. The van der Waals surface area contributed by atoms with E-state index in [9.17, 15) is 14.0 Å². The summed E-state index contributed by atoms with van der Waals surface area (Å²) in [6.45, 7) is 2.87. The number of halogens is 2. The Morgan fingerprint density at radius 3 is 2.53 bits per heavy atom. The van der Waals surface area contributed by atoms with Gasteiger partial charge in [-0.05, 0) is 72.7 Å². The lowest BCUT2D eigenvalue weighted by atomic mass is 9.87. The summed E-state index contributed by atoms with van der Waals surface area (Å²) in [5, 5.41) is 1.43. The van der Waals surface area contributed by atoms with Crippen LogP contribution in [0, 0.1) is 12.7 Å². The number of nitrogens with zero attached hydrogens (tertiary/aromatic N) is 2. The number of pyridine rings is 1. The Morgan fingerprint density at radius 1 is 1.13 bits per heavy atom. The first-order chi connectivity index (χ1) is 14.4. The molecule has 2 heterocycles. The van der Waals surface area contributed by atoms with Crippen molar-refractivity contribution in [2.45, 2.75) is 32.1 Å². The number of hydrogen-bond donors (Lipinski definition) is 0. The molecular weight excluding hydrogens is 403 g/mol. The topological polar surface area (TPSA) is 50.3 Å². The standard InChI is InChI=1S/C24H22ClFN2O2/c1-15-12-19(26)14-21-20(6-9-27-23(15)21)17-7-10-28(11-8-17)24(30)22(29)13-16-2-4-18(25)5-3-16/h2-6,9,12,14,17H,7-8,10-11,13H2,1H3. The van der Waals surface area contributed by atoms with Crippen molar-refractivity contribution < 1.29 is 14.0 Å². The molecule has 2 aromatic carbocycles. The molecule has 0 aliphatic carbocycles. The van der Waals surface area contributed by atoms with Crippen LogP contribution >= 0.6 is 11.6 Å². The Balaban J connectivity index is 1.44. The molecular formula is C24H22ClFN2O2. The van der Waals surface area contributed by atoms with E-state index in [0.717, 1.165) is 40.4 Å². The predicted octanol–water partition coefficient (Wildman–Crippen LogP) is 4.85. The molecule has 1 aromatic heterocycles. The van der Waals surface area contributed by atoms with Crippen LogP contribution in [0.25, 0.3) is 10.9 Å². The summed E-state index contributed by atoms with van der Waals surface area (Å²) in [5.74, 6) is -0.922. The van der Waals surface area contributed by atoms with Gasteiger partial charge in [-0.2, -0.15) is 0 Å². The van der Waals surface area contributed by atoms with Gasteiger partial charge in [-0.3, -0.25) is 14.6 Å². The molecule has 0 atom stereocenters. The quantitative estimate of drug-likeness (QED) is 0.562. The lowest BCUT2D eigenvalue weighted by Gasteiger charge is -2.32. The highest BCUT2D eigenvalue weighted by Gasteiger charge is 2.28. The van der Waals surface area contributed by atoms with Crippen LogP contribution in [0.3, 0.4) is 0 Å². The zero-order chi connectivity index (χ0) is 21.3. The number of Topliss-reactive ketones (excluding diaryl/α,β-unsaturated/α-hetero) is 1. The Labute approximate surface area is 179 Å². The number of carbonyl (C=O) groups excluding carboxylic acids is 2. The summed E-state index contributed by atoms with van der Waals surface area (Å²) in [4.78, 5) is 31.1. The molecule has 4 rings (SSSR count). The van der Waals surface area contributed by atoms with Crippen molar-refractivity contribution >= 4 is 34.2 Å². The fourth-order valence-electron chi connectivity index (χ4n) is 4.20. The van der Waals surface area contributed by atoms with Gasteiger partial charge in [0, 0.05) is 36.1 Å². The summed E-state index contributed by atoms with van der Waals surface area (Å²) >= 11 is 5.87. The maximum absolute atomic E-state index is 14.0. The molecule has 3 aromatic rings. The fourth-order valence-corrected chi connectivity index (χ4v) is 4.32. The molecule has 1 fully saturated rings. The average Bonchev–Trinajstić information content (AvgIpc) is 2.74. The van der Waals surface area contributed by atoms with Crippen LogP contribution in [0.1, 0.15) is 35.4 Å². The van der Waals surface area contributed by atoms with Crippen LogP contribution in [0.2, 0.25) is 5.02 Å². The minimum atomic E-state index is -0.440. The van der Waals surface area contributed by atoms with Crippen molar-refractivity contribution in [3.05, 3.63) is 76.2 Å². The monoisotopic (exact) mass is 424 g/mol. The zero-order valence-electron chi connectivity index (χ0n) is 16.7. The van der Waals surface area contributed by atoms with E-state index in [-0.39, 0.29) is 18.2 Å². The van der Waals surface area contributed by atoms with E-state index in [0.29, 0.717) is 18.1 Å². The van der Waals surface area contributed by atoms with Crippen LogP contribution in [-0.2, 0) is 16.0 Å². The van der Waals surface area contributed by atoms with Gasteiger partial charge in [-0.1, -0.05) is 23.7 Å². The van der Waals surface area contributed by atoms with Gasteiger partial charge in [0.25, 0.3) is 5.91 Å². The molecule has 0 bridgehead atoms. The molecule has 4 nitrogen and oxygen atoms in total. The van der Waals surface area contributed by atoms with Gasteiger partial charge in [0.05, 0.1) is 5.52 Å². The van der Waals surface area contributed by atoms with Gasteiger partial charge in [0.15, 0.2) is 0 Å². The number of amides is 1. The first-order valence-electron chi connectivity index (χ1n) is 10.0. The number of likely N-dealkylation sites (tertiary alicyclic amines) is 1. The van der Waals surface area contributed by atoms with Gasteiger partial charge in [0.1, 0.15) is 5.82 Å². The number of hydrogen-bond acceptors (Lipinski definition) is 3. The molecule has 1 aliphatic heterocycles. The molecule has 0 radical (unpaired) electrons. The fraction of sp³-hybridized carbons (Fsp3) is 0.292. The molecule has 1 amide bonds. The Hall–Kier alpha value is -2.79. The third-order valence-corrected chi connectivity index (χ3v) is 6.02. The van der Waals surface area contributed by atoms with Crippen molar-refractivity contribution in [3.8, 4) is 0 Å². The third-order valence-electron chi connectivity index (χ3n) is 5.77. The second kappa shape index (κ2) is 8.52. The number of aromatic nitrogens is 1. The van der Waals surface area contributed by atoms with E-state index in [1.165, 1.54) is 12.1 Å². The molecule has 0 unspecified atom stereocenters. The Bertz CT molecular complexity index is 1110. The van der Waals surface area contributed by atoms with Gasteiger partial charge in [0.2, 0.25) is 5.78 Å². The number of aryl methyl sites for hydroxylation is 1. The maximum Gasteiger partial charge on any atom is 0.290 e. The lowest BCUT2D eigenvalue weighted by Crippen LogP contribution is -2.42. The van der Waals surface area contributed by atoms with Gasteiger partial charge >= 0.3 is 0 Å². The van der Waals surface area contributed by atoms with Crippen LogP contribution < -0.4 is 0 Å². The first-order valence-corrected chi connectivity index (χ1v) is 10.4. The predicted molar refractivity (Wildman–Crippen MR) is 115 cm³/mol. The normalized spacial score (nSPS) is 14.8. The highest BCUT2D eigenvalue weighted by molar-refractivity contribution is 6.36. The molecule has 6 heteroatoms. The molecule has 30 heavy (non-hydrogen) atoms.